The van der Waals surface area contributed by atoms with Crippen LogP contribution in [0.25, 0.3) is 21.6 Å². The Morgan fingerprint density at radius 1 is 0.826 bits per heavy atom. The van der Waals surface area contributed by atoms with Crippen molar-refractivity contribution in [2.24, 2.45) is 5.11 Å². The molecule has 2 amide bonds. The minimum atomic E-state index is -1.25. The monoisotopic (exact) mass is 619 g/mol. The topological polar surface area (TPSA) is 195 Å². The number of amides is 2. The summed E-state index contributed by atoms with van der Waals surface area (Å²) >= 11 is 0. The molecule has 1 fully saturated rings. The molecule has 0 radical (unpaired) electrons. The second kappa shape index (κ2) is 13.5. The zero-order valence-electron chi connectivity index (χ0n) is 23.9. The van der Waals surface area contributed by atoms with Gasteiger partial charge in [-0.25, -0.2) is 29.3 Å². The molecular formula is C31H25N9O6. The number of esters is 2. The lowest BCUT2D eigenvalue weighted by Crippen LogP contribution is -2.40. The highest BCUT2D eigenvalue weighted by molar-refractivity contribution is 6.03. The Labute approximate surface area is 260 Å². The molecule has 2 N–H and O–H groups in total. The fraction of sp³-hybridized carbons (Fsp3) is 0.161. The van der Waals surface area contributed by atoms with Gasteiger partial charge in [-0.2, -0.15) is 0 Å². The summed E-state index contributed by atoms with van der Waals surface area (Å²) in [5.74, 6) is -1.30. The molecular weight excluding hydrogens is 594 g/mol. The van der Waals surface area contributed by atoms with Crippen LogP contribution in [0.5, 0.6) is 0 Å². The number of aromatic nitrogens is 4. The number of imidazole rings is 1. The average Bonchev–Trinajstić information content (AvgIpc) is 3.66. The first-order valence-electron chi connectivity index (χ1n) is 14.0. The van der Waals surface area contributed by atoms with Crippen molar-refractivity contribution in [3.63, 3.8) is 0 Å². The molecule has 15 nitrogen and oxygen atoms in total. The second-order valence-electron chi connectivity index (χ2n) is 9.94. The minimum Gasteiger partial charge on any atom is -0.452 e. The molecule has 5 aromatic rings. The van der Waals surface area contributed by atoms with Gasteiger partial charge < -0.3 is 19.5 Å². The van der Waals surface area contributed by atoms with Crippen LogP contribution in [0.15, 0.2) is 109 Å². The zero-order valence-corrected chi connectivity index (χ0v) is 23.9. The lowest BCUT2D eigenvalue weighted by atomic mass is 10.1. The number of hydrogen-bond acceptors (Lipinski definition) is 10. The summed E-state index contributed by atoms with van der Waals surface area (Å²) in [6.45, 7) is -0.243. The highest BCUT2D eigenvalue weighted by atomic mass is 16.6. The maximum absolute atomic E-state index is 13.3. The van der Waals surface area contributed by atoms with Crippen LogP contribution in [0.2, 0.25) is 0 Å². The number of carbonyl (C=O) groups is 3. The van der Waals surface area contributed by atoms with Gasteiger partial charge in [0.1, 0.15) is 12.4 Å². The predicted octanol–water partition coefficient (Wildman–Crippen LogP) is 5.13. The summed E-state index contributed by atoms with van der Waals surface area (Å²) in [7, 11) is 0. The molecule has 0 aliphatic carbocycles. The molecule has 0 spiro atoms. The number of anilines is 2. The molecule has 1 aliphatic rings. The molecule has 230 valence electrons. The Bertz CT molecular complexity index is 1900. The van der Waals surface area contributed by atoms with Gasteiger partial charge in [0.05, 0.1) is 24.0 Å². The van der Waals surface area contributed by atoms with E-state index in [1.165, 1.54) is 17.2 Å². The van der Waals surface area contributed by atoms with Gasteiger partial charge in [-0.1, -0.05) is 59.7 Å². The number of rotatable bonds is 9. The maximum atomic E-state index is 13.3. The smallest absolute Gasteiger partial charge is 0.338 e. The summed E-state index contributed by atoms with van der Waals surface area (Å²) in [6.07, 6.45) is -2.02. The van der Waals surface area contributed by atoms with E-state index >= 15 is 0 Å². The molecule has 0 saturated carbocycles. The molecule has 4 atom stereocenters. The quantitative estimate of drug-likeness (QED) is 0.0973. The third kappa shape index (κ3) is 6.45. The third-order valence-corrected chi connectivity index (χ3v) is 7.01. The van der Waals surface area contributed by atoms with Gasteiger partial charge in [0, 0.05) is 10.6 Å². The number of hydrogen-bond donors (Lipinski definition) is 2. The van der Waals surface area contributed by atoms with Crippen LogP contribution < -0.4 is 10.6 Å². The summed E-state index contributed by atoms with van der Waals surface area (Å²) in [4.78, 5) is 55.0. The van der Waals surface area contributed by atoms with Crippen molar-refractivity contribution in [2.75, 3.05) is 17.2 Å². The highest BCUT2D eigenvalue weighted by Gasteiger charge is 2.51. The summed E-state index contributed by atoms with van der Waals surface area (Å²) in [5, 5.41) is 9.01. The van der Waals surface area contributed by atoms with Crippen LogP contribution in [-0.2, 0) is 14.2 Å². The van der Waals surface area contributed by atoms with E-state index in [0.717, 1.165) is 0 Å². The number of azide groups is 1. The largest absolute Gasteiger partial charge is 0.452 e. The normalized spacial score (nSPS) is 18.7. The van der Waals surface area contributed by atoms with Gasteiger partial charge in [0.15, 0.2) is 35.4 Å². The molecule has 46 heavy (non-hydrogen) atoms. The van der Waals surface area contributed by atoms with Crippen molar-refractivity contribution < 1.29 is 28.6 Å². The predicted molar refractivity (Wildman–Crippen MR) is 164 cm³/mol. The zero-order chi connectivity index (χ0) is 31.9. The number of carbonyl (C=O) groups excluding carboxylic acids is 3. The van der Waals surface area contributed by atoms with E-state index in [-0.39, 0.29) is 34.7 Å². The van der Waals surface area contributed by atoms with Gasteiger partial charge in [-0.05, 0) is 41.9 Å². The molecule has 0 bridgehead atoms. The standard InChI is InChI=1S/C31H25N9O6/c32-39-36-16-22-24(45-29(41)19-10-4-1-5-11-19)25(46-30(42)20-12-6-2-7-13-20)28(44-22)40-18-35-23-26(33-17-34-27(23)40)38-31(43)37-21-14-8-3-9-15-21/h1-15,17-18,22,24-25,28H,16H2,(H2,33,34,37,38,43)/t22-,24-,25-,28-/m1/s1. The van der Waals surface area contributed by atoms with Crippen LogP contribution in [0.3, 0.4) is 0 Å². The highest BCUT2D eigenvalue weighted by Crippen LogP contribution is 2.37. The summed E-state index contributed by atoms with van der Waals surface area (Å²) < 4.78 is 19.6. The van der Waals surface area contributed by atoms with Crippen molar-refractivity contribution >= 4 is 40.6 Å². The average molecular weight is 620 g/mol. The number of benzene rings is 3. The molecule has 15 heteroatoms. The van der Waals surface area contributed by atoms with Gasteiger partial charge in [0.25, 0.3) is 0 Å². The minimum absolute atomic E-state index is 0.102. The molecule has 3 heterocycles. The van der Waals surface area contributed by atoms with Crippen LogP contribution in [-0.4, -0.2) is 62.3 Å². The fourth-order valence-corrected chi connectivity index (χ4v) is 4.92. The van der Waals surface area contributed by atoms with Crippen molar-refractivity contribution in [2.45, 2.75) is 24.5 Å². The molecule has 6 rings (SSSR count). The SMILES string of the molecule is [N-]=[N+]=NC[C@H]1O[C@@H](n2cnc3c(NC(=O)Nc4ccccc4)ncnc32)[C@H](OC(=O)c2ccccc2)[C@@H]1OC(=O)c1ccccc1. The van der Waals surface area contributed by atoms with Crippen molar-refractivity contribution in [1.29, 1.82) is 0 Å². The van der Waals surface area contributed by atoms with Crippen molar-refractivity contribution in [1.82, 2.24) is 19.5 Å². The van der Waals surface area contributed by atoms with E-state index < -0.39 is 42.5 Å². The van der Waals surface area contributed by atoms with E-state index in [0.29, 0.717) is 5.69 Å². The van der Waals surface area contributed by atoms with Gasteiger partial charge in [0.2, 0.25) is 0 Å². The first-order valence-corrected chi connectivity index (χ1v) is 14.0. The van der Waals surface area contributed by atoms with Crippen LogP contribution in [0.4, 0.5) is 16.3 Å². The summed E-state index contributed by atoms with van der Waals surface area (Å²) in [6, 6.07) is 24.8. The van der Waals surface area contributed by atoms with Crippen molar-refractivity contribution in [3.8, 4) is 0 Å². The molecule has 1 saturated heterocycles. The van der Waals surface area contributed by atoms with Crippen molar-refractivity contribution in [3.05, 3.63) is 125 Å². The van der Waals surface area contributed by atoms with Gasteiger partial charge in [-0.15, -0.1) is 0 Å². The number of nitrogens with one attached hydrogen (secondary N) is 2. The van der Waals surface area contributed by atoms with Crippen LogP contribution >= 0.6 is 0 Å². The number of urea groups is 1. The second-order valence-corrected chi connectivity index (χ2v) is 9.94. The lowest BCUT2D eigenvalue weighted by Gasteiger charge is -2.24. The van der Waals surface area contributed by atoms with E-state index in [2.05, 4.69) is 35.6 Å². The molecule has 3 aromatic carbocycles. The number of nitrogens with zero attached hydrogens (tertiary/aromatic N) is 7. The third-order valence-electron chi connectivity index (χ3n) is 7.01. The molecule has 2 aromatic heterocycles. The summed E-state index contributed by atoms with van der Waals surface area (Å²) in [5.41, 5.74) is 10.6. The maximum Gasteiger partial charge on any atom is 0.338 e. The first kappa shape index (κ1) is 29.7. The number of para-hydroxylation sites is 1. The number of fused-ring (bicyclic) bond motifs is 1. The van der Waals surface area contributed by atoms with Crippen LogP contribution in [0, 0.1) is 0 Å². The van der Waals surface area contributed by atoms with Gasteiger partial charge >= 0.3 is 18.0 Å². The van der Waals surface area contributed by atoms with Crippen LogP contribution in [0.1, 0.15) is 26.9 Å². The van der Waals surface area contributed by atoms with E-state index in [9.17, 15) is 14.4 Å². The van der Waals surface area contributed by atoms with E-state index in [1.807, 2.05) is 6.07 Å². The number of ether oxygens (including phenoxy) is 3. The van der Waals surface area contributed by atoms with E-state index in [1.54, 1.807) is 84.9 Å². The Morgan fingerprint density at radius 3 is 2.07 bits per heavy atom. The van der Waals surface area contributed by atoms with Gasteiger partial charge in [-0.3, -0.25) is 9.88 Å². The molecule has 1 aliphatic heterocycles. The Hall–Kier alpha value is -6.31. The lowest BCUT2D eigenvalue weighted by molar-refractivity contribution is -0.0481. The fourth-order valence-electron chi connectivity index (χ4n) is 4.92. The Morgan fingerprint density at radius 2 is 1.43 bits per heavy atom. The Balaban J connectivity index is 1.35. The van der Waals surface area contributed by atoms with E-state index in [4.69, 9.17) is 19.7 Å². The first-order chi connectivity index (χ1) is 22.5. The molecule has 0 unspecified atom stereocenters. The Kier molecular flexibility index (Phi) is 8.76.